The van der Waals surface area contributed by atoms with Gasteiger partial charge < -0.3 is 9.22 Å². The van der Waals surface area contributed by atoms with Crippen LogP contribution in [0.5, 0.6) is 0 Å². The van der Waals surface area contributed by atoms with Crippen molar-refractivity contribution in [2.75, 3.05) is 33.3 Å². The lowest BCUT2D eigenvalue weighted by atomic mass is 9.83. The van der Waals surface area contributed by atoms with Gasteiger partial charge in [-0.25, -0.2) is 0 Å². The Morgan fingerprint density at radius 3 is 2.39 bits per heavy atom. The van der Waals surface area contributed by atoms with Crippen LogP contribution in [-0.2, 0) is 4.74 Å². The molecule has 23 heavy (non-hydrogen) atoms. The number of benzene rings is 1. The van der Waals surface area contributed by atoms with Gasteiger partial charge in [0.2, 0.25) is 0 Å². The molecule has 2 nitrogen and oxygen atoms in total. The molecule has 3 heterocycles. The normalized spacial score (nSPS) is 35.5. The quantitative estimate of drug-likeness (QED) is 0.740. The monoisotopic (exact) mass is 314 g/mol. The highest BCUT2D eigenvalue weighted by Crippen LogP contribution is 2.39. The smallest absolute Gasteiger partial charge is 0.110 e. The van der Waals surface area contributed by atoms with Crippen molar-refractivity contribution in [3.05, 3.63) is 35.9 Å². The number of hydrogen-bond acceptors (Lipinski definition) is 1. The molecule has 2 atom stereocenters. The Morgan fingerprint density at radius 1 is 1.04 bits per heavy atom. The summed E-state index contributed by atoms with van der Waals surface area (Å²) in [5.74, 6) is 2.28. The second kappa shape index (κ2) is 6.57. The summed E-state index contributed by atoms with van der Waals surface area (Å²) in [6.45, 7) is 4.93. The summed E-state index contributed by atoms with van der Waals surface area (Å²) < 4.78 is 7.85. The Kier molecular flexibility index (Phi) is 4.47. The molecule has 1 aromatic carbocycles. The third kappa shape index (κ3) is 3.34. The number of hydrogen-bond donors (Lipinski definition) is 0. The largest absolute Gasteiger partial charge is 0.371 e. The summed E-state index contributed by atoms with van der Waals surface area (Å²) in [5, 5.41) is 0. The van der Waals surface area contributed by atoms with Crippen LogP contribution in [0.2, 0.25) is 0 Å². The van der Waals surface area contributed by atoms with E-state index < -0.39 is 0 Å². The van der Waals surface area contributed by atoms with Crippen molar-refractivity contribution < 1.29 is 9.22 Å². The van der Waals surface area contributed by atoms with Crippen LogP contribution in [0.4, 0.5) is 0 Å². The fourth-order valence-corrected chi connectivity index (χ4v) is 5.33. The maximum atomic E-state index is 6.60. The van der Waals surface area contributed by atoms with Crippen molar-refractivity contribution in [3.8, 4) is 0 Å². The Balaban J connectivity index is 1.44. The maximum absolute atomic E-state index is 6.60. The summed E-state index contributed by atoms with van der Waals surface area (Å²) in [6.07, 6.45) is 8.87. The molecular formula is C21H32NO+. The molecule has 0 aromatic heterocycles. The number of likely N-dealkylation sites (N-methyl/N-ethyl adjacent to an activating group) is 1. The zero-order chi connectivity index (χ0) is 15.7. The molecule has 2 heteroatoms. The van der Waals surface area contributed by atoms with Crippen LogP contribution in [-0.4, -0.2) is 43.9 Å². The first-order valence-corrected chi connectivity index (χ1v) is 9.74. The summed E-state index contributed by atoms with van der Waals surface area (Å²) >= 11 is 0. The standard InChI is InChI=1S/C21H32NO/c1-22-13-11-19(12-14-22)21(15-22)23-16-20(18-9-5-6-10-18)17-7-3-2-4-8-17/h2-4,7-8,18-21H,5-6,9-16H2,1H3/q+1/t19?,20?,21-,22?/m1/s1. The first-order chi connectivity index (χ1) is 11.2. The van der Waals surface area contributed by atoms with Gasteiger partial charge in [0.05, 0.1) is 26.7 Å². The first-order valence-electron chi connectivity index (χ1n) is 9.74. The number of nitrogens with zero attached hydrogens (tertiary/aromatic N) is 1. The van der Waals surface area contributed by atoms with Crippen LogP contribution >= 0.6 is 0 Å². The van der Waals surface area contributed by atoms with Crippen LogP contribution in [0.1, 0.15) is 50.0 Å². The second-order valence-electron chi connectivity index (χ2n) is 8.52. The van der Waals surface area contributed by atoms with Gasteiger partial charge >= 0.3 is 0 Å². The van der Waals surface area contributed by atoms with E-state index in [-0.39, 0.29) is 0 Å². The first kappa shape index (κ1) is 15.7. The minimum Gasteiger partial charge on any atom is -0.371 e. The summed E-state index contributed by atoms with van der Waals surface area (Å²) in [6, 6.07) is 11.2. The lowest BCUT2D eigenvalue weighted by Gasteiger charge is -2.50. The Hall–Kier alpha value is -0.860. The summed E-state index contributed by atoms with van der Waals surface area (Å²) in [4.78, 5) is 0. The van der Waals surface area contributed by atoms with Crippen LogP contribution in [0, 0.1) is 11.8 Å². The third-order valence-electron chi connectivity index (χ3n) is 6.91. The van der Waals surface area contributed by atoms with E-state index in [9.17, 15) is 0 Å². The van der Waals surface area contributed by atoms with Gasteiger partial charge in [0.25, 0.3) is 0 Å². The van der Waals surface area contributed by atoms with Crippen LogP contribution in [0.25, 0.3) is 0 Å². The van der Waals surface area contributed by atoms with E-state index in [1.54, 1.807) is 0 Å². The second-order valence-corrected chi connectivity index (χ2v) is 8.52. The third-order valence-corrected chi connectivity index (χ3v) is 6.91. The molecule has 0 spiro atoms. The van der Waals surface area contributed by atoms with Crippen LogP contribution < -0.4 is 0 Å². The van der Waals surface area contributed by atoms with Gasteiger partial charge in [-0.3, -0.25) is 0 Å². The van der Waals surface area contributed by atoms with Gasteiger partial charge in [0.1, 0.15) is 12.6 Å². The van der Waals surface area contributed by atoms with E-state index in [0.29, 0.717) is 12.0 Å². The van der Waals surface area contributed by atoms with E-state index >= 15 is 0 Å². The molecule has 0 amide bonds. The van der Waals surface area contributed by atoms with Gasteiger partial charge in [-0.15, -0.1) is 0 Å². The molecule has 3 saturated heterocycles. The number of piperidine rings is 3. The summed E-state index contributed by atoms with van der Waals surface area (Å²) in [7, 11) is 2.43. The highest BCUT2D eigenvalue weighted by Gasteiger charge is 2.44. The van der Waals surface area contributed by atoms with Crippen molar-refractivity contribution in [1.82, 2.24) is 0 Å². The molecule has 1 aliphatic carbocycles. The molecule has 0 N–H and O–H groups in total. The van der Waals surface area contributed by atoms with E-state index in [0.717, 1.165) is 18.4 Å². The molecule has 3 aliphatic heterocycles. The van der Waals surface area contributed by atoms with Gasteiger partial charge in [0.15, 0.2) is 0 Å². The summed E-state index contributed by atoms with van der Waals surface area (Å²) in [5.41, 5.74) is 1.50. The zero-order valence-corrected chi connectivity index (χ0v) is 14.6. The minimum absolute atomic E-state index is 0.509. The van der Waals surface area contributed by atoms with E-state index in [1.807, 2.05) is 0 Å². The fourth-order valence-electron chi connectivity index (χ4n) is 5.33. The van der Waals surface area contributed by atoms with Gasteiger partial charge in [-0.1, -0.05) is 43.2 Å². The number of quaternary nitrogens is 1. The van der Waals surface area contributed by atoms with Crippen molar-refractivity contribution in [2.24, 2.45) is 11.8 Å². The molecule has 4 fully saturated rings. The lowest BCUT2D eigenvalue weighted by molar-refractivity contribution is -0.928. The van der Waals surface area contributed by atoms with Crippen LogP contribution in [0.3, 0.4) is 0 Å². The van der Waals surface area contributed by atoms with Gasteiger partial charge in [-0.05, 0) is 24.3 Å². The van der Waals surface area contributed by atoms with E-state index in [1.165, 1.54) is 68.2 Å². The van der Waals surface area contributed by atoms with Crippen molar-refractivity contribution in [1.29, 1.82) is 0 Å². The predicted molar refractivity (Wildman–Crippen MR) is 94.4 cm³/mol. The molecule has 126 valence electrons. The SMILES string of the molecule is C[N+]12CCC(CC1)[C@H](OCC(c1ccccc1)C1CCCC1)C2. The molecule has 0 radical (unpaired) electrons. The van der Waals surface area contributed by atoms with Crippen molar-refractivity contribution >= 4 is 0 Å². The predicted octanol–water partition coefficient (Wildman–Crippen LogP) is 4.22. The van der Waals surface area contributed by atoms with Gasteiger partial charge in [0, 0.05) is 24.7 Å². The topological polar surface area (TPSA) is 9.23 Å². The lowest BCUT2D eigenvalue weighted by Crippen LogP contribution is -2.62. The molecule has 1 aromatic rings. The minimum atomic E-state index is 0.509. The maximum Gasteiger partial charge on any atom is 0.110 e. The molecular weight excluding hydrogens is 282 g/mol. The highest BCUT2D eigenvalue weighted by molar-refractivity contribution is 5.20. The Bertz CT molecular complexity index is 500. The van der Waals surface area contributed by atoms with E-state index in [4.69, 9.17) is 4.74 Å². The molecule has 4 aliphatic rings. The molecule has 2 bridgehead atoms. The highest BCUT2D eigenvalue weighted by atomic mass is 16.5. The molecule has 1 saturated carbocycles. The Morgan fingerprint density at radius 2 is 1.74 bits per heavy atom. The number of fused-ring (bicyclic) bond motifs is 3. The molecule has 1 unspecified atom stereocenters. The average molecular weight is 314 g/mol. The average Bonchev–Trinajstić information content (AvgIpc) is 3.10. The van der Waals surface area contributed by atoms with Crippen molar-refractivity contribution in [2.45, 2.75) is 50.5 Å². The number of ether oxygens (including phenoxy) is 1. The number of rotatable bonds is 5. The van der Waals surface area contributed by atoms with E-state index in [2.05, 4.69) is 37.4 Å². The zero-order valence-electron chi connectivity index (χ0n) is 14.6. The van der Waals surface area contributed by atoms with Gasteiger partial charge in [-0.2, -0.15) is 0 Å². The Labute approximate surface area is 141 Å². The van der Waals surface area contributed by atoms with Crippen molar-refractivity contribution in [3.63, 3.8) is 0 Å². The fraction of sp³-hybridized carbons (Fsp3) is 0.714. The van der Waals surface area contributed by atoms with Crippen LogP contribution in [0.15, 0.2) is 30.3 Å². The molecule has 5 rings (SSSR count).